The van der Waals surface area contributed by atoms with Gasteiger partial charge in [0.05, 0.1) is 20.8 Å². The Morgan fingerprint density at radius 1 is 0.775 bits per heavy atom. The van der Waals surface area contributed by atoms with Gasteiger partial charge in [0.15, 0.2) is 0 Å². The summed E-state index contributed by atoms with van der Waals surface area (Å²) in [5.41, 5.74) is 3.52. The molecule has 0 atom stereocenters. The predicted octanol–water partition coefficient (Wildman–Crippen LogP) is 8.18. The number of hydrogen-bond acceptors (Lipinski definition) is 9. The molecular weight excluding hydrogens is 512 g/mol. The molecule has 0 spiro atoms. The number of benzene rings is 1. The highest BCUT2D eigenvalue weighted by atomic mass is 16.7. The van der Waals surface area contributed by atoms with Crippen LogP contribution in [0, 0.1) is 20.8 Å². The van der Waals surface area contributed by atoms with Gasteiger partial charge in [-0.05, 0) is 50.3 Å². The maximum Gasteiger partial charge on any atom is 0.507 e. The average molecular weight is 567 g/mol. The number of ether oxygens (including phenoxy) is 4. The van der Waals surface area contributed by atoms with Crippen LogP contribution in [0.1, 0.15) is 102 Å². The summed E-state index contributed by atoms with van der Waals surface area (Å²) in [6, 6.07) is 6.14. The summed E-state index contributed by atoms with van der Waals surface area (Å²) in [5, 5.41) is 3.87. The van der Waals surface area contributed by atoms with Gasteiger partial charge in [0.2, 0.25) is 11.7 Å². The van der Waals surface area contributed by atoms with Crippen molar-refractivity contribution < 1.29 is 33.1 Å². The third-order valence-corrected chi connectivity index (χ3v) is 5.59. The summed E-state index contributed by atoms with van der Waals surface area (Å²) in [5.74, 6) is 1.16. The molecule has 1 heterocycles. The van der Waals surface area contributed by atoms with E-state index in [1.807, 2.05) is 13.0 Å². The number of nitrogens with zero attached hydrogens (tertiary/aromatic N) is 2. The first-order chi connectivity index (χ1) is 19.2. The van der Waals surface area contributed by atoms with E-state index in [9.17, 15) is 9.59 Å². The van der Waals surface area contributed by atoms with Gasteiger partial charge in [-0.15, -0.1) is 0 Å². The van der Waals surface area contributed by atoms with Gasteiger partial charge in [-0.1, -0.05) is 76.6 Å². The fourth-order valence-electron chi connectivity index (χ4n) is 2.95. The molecule has 0 aliphatic carbocycles. The summed E-state index contributed by atoms with van der Waals surface area (Å²) in [6.07, 6.45) is 10.3. The van der Waals surface area contributed by atoms with Crippen molar-refractivity contribution in [2.24, 2.45) is 0 Å². The highest BCUT2D eigenvalue weighted by Gasteiger charge is 2.06. The molecule has 0 saturated carbocycles. The number of unbranched alkanes of at least 4 members (excludes halogenated alkanes) is 6. The number of hydrogen-bond donors (Lipinski definition) is 0. The third kappa shape index (κ3) is 23.0. The number of rotatable bonds is 13. The van der Waals surface area contributed by atoms with Gasteiger partial charge in [0.1, 0.15) is 0 Å². The number of methoxy groups -OCH3 is 3. The zero-order chi connectivity index (χ0) is 30.6. The van der Waals surface area contributed by atoms with Gasteiger partial charge >= 0.3 is 12.1 Å². The summed E-state index contributed by atoms with van der Waals surface area (Å²) in [4.78, 5) is 24.9. The second-order valence-corrected chi connectivity index (χ2v) is 9.18. The Morgan fingerprint density at radius 2 is 1.43 bits per heavy atom. The highest BCUT2D eigenvalue weighted by molar-refractivity contribution is 5.68. The first kappa shape index (κ1) is 39.2. The zero-order valence-corrected chi connectivity index (χ0v) is 26.5. The van der Waals surface area contributed by atoms with Crippen LogP contribution in [0.15, 0.2) is 22.7 Å². The highest BCUT2D eigenvalue weighted by Crippen LogP contribution is 2.19. The van der Waals surface area contributed by atoms with Gasteiger partial charge in [0.25, 0.3) is 0 Å². The molecule has 0 saturated heterocycles. The quantitative estimate of drug-likeness (QED) is 0.175. The Balaban J connectivity index is 0. The van der Waals surface area contributed by atoms with Gasteiger partial charge in [-0.3, -0.25) is 4.79 Å². The fourth-order valence-corrected chi connectivity index (χ4v) is 2.95. The van der Waals surface area contributed by atoms with E-state index >= 15 is 0 Å². The van der Waals surface area contributed by atoms with Gasteiger partial charge in [-0.25, -0.2) is 4.79 Å². The number of carbonyl (C=O) groups excluding carboxylic acids is 2. The van der Waals surface area contributed by atoms with Crippen molar-refractivity contribution >= 4 is 12.1 Å². The Hall–Kier alpha value is -2.94. The molecule has 40 heavy (non-hydrogen) atoms. The van der Waals surface area contributed by atoms with E-state index in [4.69, 9.17) is 9.26 Å². The maximum atomic E-state index is 10.5. The molecule has 0 unspecified atom stereocenters. The van der Waals surface area contributed by atoms with Crippen LogP contribution >= 0.6 is 0 Å². The van der Waals surface area contributed by atoms with Gasteiger partial charge < -0.3 is 23.5 Å². The number of carbonyl (C=O) groups is 2. The topological polar surface area (TPSA) is 110 Å². The van der Waals surface area contributed by atoms with Crippen molar-refractivity contribution in [2.75, 3.05) is 34.5 Å². The molecule has 230 valence electrons. The zero-order valence-electron chi connectivity index (χ0n) is 26.5. The second-order valence-electron chi connectivity index (χ2n) is 9.18. The van der Waals surface area contributed by atoms with Crippen molar-refractivity contribution in [1.29, 1.82) is 0 Å². The van der Waals surface area contributed by atoms with E-state index in [0.29, 0.717) is 24.7 Å². The minimum Gasteiger partial charge on any atom is -0.469 e. The summed E-state index contributed by atoms with van der Waals surface area (Å²) < 4.78 is 23.1. The van der Waals surface area contributed by atoms with Crippen molar-refractivity contribution in [3.05, 3.63) is 35.2 Å². The lowest BCUT2D eigenvalue weighted by Gasteiger charge is -2.00. The minimum absolute atomic E-state index is 0.0940. The molecule has 0 aliphatic heterocycles. The minimum atomic E-state index is -0.594. The van der Waals surface area contributed by atoms with Gasteiger partial charge in [-0.2, -0.15) is 4.98 Å². The Labute approximate surface area is 242 Å². The smallest absolute Gasteiger partial charge is 0.469 e. The fraction of sp³-hybridized carbons (Fsp3) is 0.677. The normalized spacial score (nSPS) is 9.62. The number of aryl methyl sites for hydroxylation is 3. The van der Waals surface area contributed by atoms with Crippen LogP contribution in [-0.2, 0) is 23.7 Å². The lowest BCUT2D eigenvalue weighted by atomic mass is 10.1. The lowest BCUT2D eigenvalue weighted by Crippen LogP contribution is -2.04. The Kier molecular flexibility index (Phi) is 27.1. The molecule has 9 nitrogen and oxygen atoms in total. The molecule has 9 heteroatoms. The first-order valence-electron chi connectivity index (χ1n) is 14.3. The number of esters is 1. The van der Waals surface area contributed by atoms with Crippen molar-refractivity contribution in [3.63, 3.8) is 0 Å². The second kappa shape index (κ2) is 27.6. The summed E-state index contributed by atoms with van der Waals surface area (Å²) >= 11 is 0. The van der Waals surface area contributed by atoms with Crippen LogP contribution in [-0.4, -0.2) is 56.8 Å². The van der Waals surface area contributed by atoms with E-state index in [1.165, 1.54) is 51.0 Å². The maximum absolute atomic E-state index is 10.5. The van der Waals surface area contributed by atoms with Crippen LogP contribution < -0.4 is 0 Å². The van der Waals surface area contributed by atoms with Crippen LogP contribution in [0.2, 0.25) is 0 Å². The van der Waals surface area contributed by atoms with Crippen molar-refractivity contribution in [3.8, 4) is 11.4 Å². The molecule has 2 aromatic rings. The Morgan fingerprint density at radius 3 is 1.93 bits per heavy atom. The molecule has 1 aromatic carbocycles. The van der Waals surface area contributed by atoms with Crippen LogP contribution in [0.25, 0.3) is 11.4 Å². The van der Waals surface area contributed by atoms with Crippen LogP contribution in [0.5, 0.6) is 0 Å². The molecule has 1 aromatic heterocycles. The molecule has 2 rings (SSSR count). The van der Waals surface area contributed by atoms with E-state index < -0.39 is 6.16 Å². The molecule has 0 aliphatic rings. The predicted molar refractivity (Wildman–Crippen MR) is 159 cm³/mol. The molecule has 0 fully saturated rings. The molecular formula is C31H54N2O7. The van der Waals surface area contributed by atoms with Crippen molar-refractivity contribution in [1.82, 2.24) is 10.1 Å². The van der Waals surface area contributed by atoms with Crippen molar-refractivity contribution in [2.45, 2.75) is 106 Å². The molecule has 0 radical (unpaired) electrons. The summed E-state index contributed by atoms with van der Waals surface area (Å²) in [7, 11) is 4.48. The third-order valence-electron chi connectivity index (χ3n) is 5.59. The molecule has 0 bridgehead atoms. The molecule has 0 amide bonds. The standard InChI is InChI=1S/C11H12N2O.C7H14O2.C7H16O.C6H12O3/c1-7-4-5-10(6-8(7)2)11-12-9(3)14-13-11;1-3-4-5-6-7(8)9-2;1-3-4-5-6-7-8-2;1-3-4-5-9-6(7)8-2/h4-6H,1-3H3;3-6H2,1-2H3;3-7H2,1-2H3;3-5H2,1-2H3. The number of aromatic nitrogens is 2. The van der Waals surface area contributed by atoms with Crippen LogP contribution in [0.4, 0.5) is 4.79 Å². The lowest BCUT2D eigenvalue weighted by molar-refractivity contribution is -0.140. The average Bonchev–Trinajstić information content (AvgIpc) is 3.40. The van der Waals surface area contributed by atoms with E-state index in [0.717, 1.165) is 44.3 Å². The monoisotopic (exact) mass is 566 g/mol. The van der Waals surface area contributed by atoms with Gasteiger partial charge in [0, 0.05) is 32.6 Å². The van der Waals surface area contributed by atoms with E-state index in [1.54, 1.807) is 14.0 Å². The van der Waals surface area contributed by atoms with E-state index in [2.05, 4.69) is 64.2 Å². The van der Waals surface area contributed by atoms with Crippen LogP contribution in [0.3, 0.4) is 0 Å². The summed E-state index contributed by atoms with van der Waals surface area (Å²) in [6.45, 7) is 13.7. The first-order valence-corrected chi connectivity index (χ1v) is 14.3. The van der Waals surface area contributed by atoms with E-state index in [-0.39, 0.29) is 5.97 Å². The SMILES string of the molecule is CCCCCC(=O)OC.CCCCCCOC.CCCCOC(=O)OC.Cc1nc(-c2ccc(C)c(C)c2)no1. The largest absolute Gasteiger partial charge is 0.507 e. The molecule has 0 N–H and O–H groups in total. The Bertz CT molecular complexity index is 856.